The number of carbonyl (C=O) groups is 4. The Morgan fingerprint density at radius 3 is 2.48 bits per heavy atom. The number of esters is 1. The van der Waals surface area contributed by atoms with Gasteiger partial charge in [0.15, 0.2) is 0 Å². The largest absolute Gasteiger partial charge is 0.455 e. The molecule has 0 radical (unpaired) electrons. The van der Waals surface area contributed by atoms with Gasteiger partial charge in [0.1, 0.15) is 17.7 Å². The lowest BCUT2D eigenvalue weighted by atomic mass is 9.70. The summed E-state index contributed by atoms with van der Waals surface area (Å²) in [4.78, 5) is 58.2. The molecule has 3 aliphatic rings. The van der Waals surface area contributed by atoms with E-state index in [4.69, 9.17) is 9.47 Å². The molecule has 7 atom stereocenters. The van der Waals surface area contributed by atoms with Gasteiger partial charge in [-0.3, -0.25) is 19.2 Å². The highest BCUT2D eigenvalue weighted by atomic mass is 16.6. The average Bonchev–Trinajstić information content (AvgIpc) is 3.70. The molecule has 3 aliphatic heterocycles. The van der Waals surface area contributed by atoms with E-state index in [0.717, 1.165) is 5.56 Å². The van der Waals surface area contributed by atoms with Crippen LogP contribution in [0.1, 0.15) is 49.8 Å². The Kier molecular flexibility index (Phi) is 10.4. The van der Waals surface area contributed by atoms with Crippen molar-refractivity contribution in [1.82, 2.24) is 15.1 Å². The summed E-state index contributed by atoms with van der Waals surface area (Å²) in [6.45, 7) is 9.39. The summed E-state index contributed by atoms with van der Waals surface area (Å²) >= 11 is 0. The lowest BCUT2D eigenvalue weighted by molar-refractivity contribution is -0.162. The quantitative estimate of drug-likeness (QED) is 0.229. The Hall–Kier alpha value is -4.28. The molecule has 0 saturated carbocycles. The Balaban J connectivity index is 1.43. The van der Waals surface area contributed by atoms with Gasteiger partial charge in [-0.15, -0.1) is 13.2 Å². The van der Waals surface area contributed by atoms with E-state index in [1.54, 1.807) is 24.0 Å². The van der Waals surface area contributed by atoms with Crippen molar-refractivity contribution in [3.63, 3.8) is 0 Å². The molecule has 5 rings (SSSR count). The summed E-state index contributed by atoms with van der Waals surface area (Å²) in [5, 5.41) is 12.9. The first-order valence-electron chi connectivity index (χ1n) is 15.9. The zero-order valence-electron chi connectivity index (χ0n) is 26.3. The standard InChI is InChI=1S/C36H43N3O7/c1-4-6-17-28(41)37-24(3)31(26-15-11-8-12-16-26)45-35(44)29-27-18-19-36(46-27)30(29)33(42)39(21-22-40)32(36)34(43)38(20-5-2)23-25-13-9-7-10-14-25/h4-5,7-16,24,27,29-32,40H,1-2,6,17-23H2,3H3,(H,37,41)/t24-,27-,29+,30+,31-,32-,36+/m0/s1. The Morgan fingerprint density at radius 1 is 1.13 bits per heavy atom. The molecule has 2 N–H and O–H groups in total. The van der Waals surface area contributed by atoms with Crippen LogP contribution in [0, 0.1) is 11.8 Å². The Morgan fingerprint density at radius 2 is 1.83 bits per heavy atom. The van der Waals surface area contributed by atoms with E-state index in [-0.39, 0.29) is 37.9 Å². The van der Waals surface area contributed by atoms with Crippen molar-refractivity contribution in [3.8, 4) is 0 Å². The number of ether oxygens (including phenoxy) is 2. The highest BCUT2D eigenvalue weighted by Gasteiger charge is 2.75. The van der Waals surface area contributed by atoms with Gasteiger partial charge < -0.3 is 29.7 Å². The van der Waals surface area contributed by atoms with Crippen LogP contribution < -0.4 is 5.32 Å². The van der Waals surface area contributed by atoms with E-state index in [2.05, 4.69) is 18.5 Å². The van der Waals surface area contributed by atoms with Crippen molar-refractivity contribution in [2.24, 2.45) is 11.8 Å². The van der Waals surface area contributed by atoms with E-state index < -0.39 is 53.6 Å². The minimum atomic E-state index is -1.24. The molecular weight excluding hydrogens is 586 g/mol. The van der Waals surface area contributed by atoms with Gasteiger partial charge in [0.25, 0.3) is 0 Å². The third-order valence-electron chi connectivity index (χ3n) is 9.31. The first-order valence-corrected chi connectivity index (χ1v) is 15.9. The summed E-state index contributed by atoms with van der Waals surface area (Å²) in [6, 6.07) is 17.1. The molecule has 10 nitrogen and oxygen atoms in total. The number of aliphatic hydroxyl groups is 1. The molecule has 0 aromatic heterocycles. The van der Waals surface area contributed by atoms with Crippen LogP contribution in [0.3, 0.4) is 0 Å². The molecule has 3 amide bonds. The number of nitrogens with one attached hydrogen (secondary N) is 1. The van der Waals surface area contributed by atoms with Crippen LogP contribution in [-0.2, 0) is 35.2 Å². The number of fused-ring (bicyclic) bond motifs is 1. The predicted octanol–water partition coefficient (Wildman–Crippen LogP) is 3.32. The number of hydrogen-bond donors (Lipinski definition) is 2. The van der Waals surface area contributed by atoms with Gasteiger partial charge in [-0.25, -0.2) is 0 Å². The number of benzene rings is 2. The molecule has 3 saturated heterocycles. The van der Waals surface area contributed by atoms with Crippen molar-refractivity contribution in [2.45, 2.75) is 69.0 Å². The van der Waals surface area contributed by atoms with Gasteiger partial charge in [0, 0.05) is 26.1 Å². The van der Waals surface area contributed by atoms with Crippen molar-refractivity contribution in [2.75, 3.05) is 19.7 Å². The summed E-state index contributed by atoms with van der Waals surface area (Å²) in [5.74, 6) is -3.43. The summed E-state index contributed by atoms with van der Waals surface area (Å²) < 4.78 is 12.7. The molecule has 1 spiro atoms. The first kappa shape index (κ1) is 33.1. The first-order chi connectivity index (χ1) is 22.2. The number of amides is 3. The number of carbonyl (C=O) groups excluding carboxylic acids is 4. The molecule has 10 heteroatoms. The van der Waals surface area contributed by atoms with Crippen LogP contribution in [-0.4, -0.2) is 82.1 Å². The third kappa shape index (κ3) is 6.37. The van der Waals surface area contributed by atoms with Gasteiger partial charge in [0.05, 0.1) is 30.6 Å². The zero-order chi connectivity index (χ0) is 32.8. The number of nitrogens with zero attached hydrogens (tertiary/aromatic N) is 2. The molecule has 3 heterocycles. The van der Waals surface area contributed by atoms with E-state index >= 15 is 0 Å². The molecule has 3 fully saturated rings. The second-order valence-electron chi connectivity index (χ2n) is 12.3. The molecular formula is C36H43N3O7. The predicted molar refractivity (Wildman–Crippen MR) is 171 cm³/mol. The number of β-amino-alcohol motifs (C(OH)–C–C–N with tert-alkyl or cyclic N) is 1. The normalized spacial score (nSPS) is 25.8. The summed E-state index contributed by atoms with van der Waals surface area (Å²) in [7, 11) is 0. The fourth-order valence-corrected chi connectivity index (χ4v) is 7.35. The Bertz CT molecular complexity index is 1430. The molecule has 244 valence electrons. The van der Waals surface area contributed by atoms with Crippen LogP contribution in [0.15, 0.2) is 86.0 Å². The van der Waals surface area contributed by atoms with Crippen LogP contribution in [0.25, 0.3) is 0 Å². The van der Waals surface area contributed by atoms with Gasteiger partial charge in [-0.2, -0.15) is 0 Å². The fraction of sp³-hybridized carbons (Fsp3) is 0.444. The highest BCUT2D eigenvalue weighted by molar-refractivity contribution is 5.98. The average molecular weight is 630 g/mol. The summed E-state index contributed by atoms with van der Waals surface area (Å²) in [6.07, 6.45) is 3.53. The van der Waals surface area contributed by atoms with E-state index in [9.17, 15) is 24.3 Å². The molecule has 2 aromatic rings. The number of likely N-dealkylation sites (tertiary alicyclic amines) is 1. The summed E-state index contributed by atoms with van der Waals surface area (Å²) in [5.41, 5.74) is 0.376. The molecule has 0 aliphatic carbocycles. The van der Waals surface area contributed by atoms with Gasteiger partial charge >= 0.3 is 5.97 Å². The second-order valence-corrected chi connectivity index (χ2v) is 12.3. The van der Waals surface area contributed by atoms with Gasteiger partial charge in [-0.05, 0) is 37.3 Å². The van der Waals surface area contributed by atoms with E-state index in [0.29, 0.717) is 31.4 Å². The van der Waals surface area contributed by atoms with Crippen molar-refractivity contribution in [1.29, 1.82) is 0 Å². The maximum Gasteiger partial charge on any atom is 0.313 e. The SMILES string of the molecule is C=CCCC(=O)N[C@@H](C)[C@H](OC(=O)[C@@H]1[C@@H]2CC[C@]3(O2)[C@H](C(=O)N(CC=C)Cc2ccccc2)N(CCO)C(=O)[C@@H]13)c1ccccc1. The lowest BCUT2D eigenvalue weighted by Gasteiger charge is -2.36. The highest BCUT2D eigenvalue weighted by Crippen LogP contribution is 2.59. The lowest BCUT2D eigenvalue weighted by Crippen LogP contribution is -2.56. The van der Waals surface area contributed by atoms with Gasteiger partial charge in [0.2, 0.25) is 17.7 Å². The van der Waals surface area contributed by atoms with E-state index in [1.165, 1.54) is 4.90 Å². The van der Waals surface area contributed by atoms with Crippen molar-refractivity contribution >= 4 is 23.7 Å². The third-order valence-corrected chi connectivity index (χ3v) is 9.31. The number of aliphatic hydroxyl groups excluding tert-OH is 1. The number of hydrogen-bond acceptors (Lipinski definition) is 7. The second kappa shape index (κ2) is 14.4. The molecule has 2 aromatic carbocycles. The van der Waals surface area contributed by atoms with Crippen molar-refractivity contribution in [3.05, 3.63) is 97.1 Å². The minimum absolute atomic E-state index is 0.0725. The maximum atomic E-state index is 14.4. The minimum Gasteiger partial charge on any atom is -0.455 e. The maximum absolute atomic E-state index is 14.4. The topological polar surface area (TPSA) is 125 Å². The monoisotopic (exact) mass is 629 g/mol. The van der Waals surface area contributed by atoms with Crippen LogP contribution in [0.4, 0.5) is 0 Å². The molecule has 46 heavy (non-hydrogen) atoms. The molecule has 0 unspecified atom stereocenters. The van der Waals surface area contributed by atoms with Crippen LogP contribution in [0.2, 0.25) is 0 Å². The zero-order valence-corrected chi connectivity index (χ0v) is 26.3. The van der Waals surface area contributed by atoms with Crippen LogP contribution >= 0.6 is 0 Å². The van der Waals surface area contributed by atoms with Gasteiger partial charge in [-0.1, -0.05) is 72.8 Å². The smallest absolute Gasteiger partial charge is 0.313 e. The fourth-order valence-electron chi connectivity index (χ4n) is 7.35. The Labute approximate surface area is 270 Å². The van der Waals surface area contributed by atoms with E-state index in [1.807, 2.05) is 60.7 Å². The van der Waals surface area contributed by atoms with Crippen LogP contribution in [0.5, 0.6) is 0 Å². The number of allylic oxidation sites excluding steroid dienone is 1. The molecule has 2 bridgehead atoms. The van der Waals surface area contributed by atoms with Crippen molar-refractivity contribution < 1.29 is 33.8 Å². The number of rotatable bonds is 15.